The lowest BCUT2D eigenvalue weighted by Gasteiger charge is -2.29. The summed E-state index contributed by atoms with van der Waals surface area (Å²) in [5, 5.41) is 0. The predicted octanol–water partition coefficient (Wildman–Crippen LogP) is 1.35. The van der Waals surface area contributed by atoms with Gasteiger partial charge in [-0.05, 0) is 25.2 Å². The molecule has 0 radical (unpaired) electrons. The minimum Gasteiger partial charge on any atom is -0.384 e. The quantitative estimate of drug-likeness (QED) is 0.710. The Balaban J connectivity index is 2.31. The number of nitrogens with one attached hydrogen (secondary N) is 1. The molecule has 1 fully saturated rings. The Kier molecular flexibility index (Phi) is 7.08. The van der Waals surface area contributed by atoms with Gasteiger partial charge < -0.3 is 4.74 Å². The molecule has 1 rings (SSSR count). The van der Waals surface area contributed by atoms with Crippen LogP contribution in [0.1, 0.15) is 26.2 Å². The van der Waals surface area contributed by atoms with Gasteiger partial charge in [0.25, 0.3) is 10.2 Å². The van der Waals surface area contributed by atoms with E-state index in [0.29, 0.717) is 32.2 Å². The molecule has 1 N–H and O–H groups in total. The van der Waals surface area contributed by atoms with Crippen molar-refractivity contribution in [3.05, 3.63) is 0 Å². The Labute approximate surface area is 119 Å². The van der Waals surface area contributed by atoms with Crippen molar-refractivity contribution in [3.63, 3.8) is 0 Å². The molecule has 1 atom stereocenters. The molecule has 1 aliphatic rings. The van der Waals surface area contributed by atoms with E-state index in [9.17, 15) is 8.42 Å². The summed E-state index contributed by atoms with van der Waals surface area (Å²) in [6, 6.07) is 0. The van der Waals surface area contributed by atoms with Crippen molar-refractivity contribution in [2.45, 2.75) is 31.0 Å². The maximum atomic E-state index is 12.0. The number of piperidine rings is 1. The summed E-state index contributed by atoms with van der Waals surface area (Å²) in [5.74, 6) is 0.630. The number of nitrogens with zero attached hydrogens (tertiary/aromatic N) is 1. The average Bonchev–Trinajstić information content (AvgIpc) is 2.29. The van der Waals surface area contributed by atoms with Crippen molar-refractivity contribution in [1.82, 2.24) is 9.03 Å². The van der Waals surface area contributed by atoms with Crippen LogP contribution in [-0.4, -0.2) is 50.9 Å². The highest BCUT2D eigenvalue weighted by molar-refractivity contribution is 9.09. The molecule has 5 nitrogen and oxygen atoms in total. The van der Waals surface area contributed by atoms with Crippen LogP contribution in [0.15, 0.2) is 0 Å². The van der Waals surface area contributed by atoms with E-state index in [0.717, 1.165) is 19.3 Å². The molecule has 108 valence electrons. The fourth-order valence-corrected chi connectivity index (χ4v) is 3.67. The molecule has 0 amide bonds. The van der Waals surface area contributed by atoms with Crippen LogP contribution in [0.25, 0.3) is 0 Å². The zero-order valence-electron chi connectivity index (χ0n) is 11.1. The zero-order chi connectivity index (χ0) is 13.6. The number of halogens is 1. The lowest BCUT2D eigenvalue weighted by atomic mass is 10.0. The van der Waals surface area contributed by atoms with Gasteiger partial charge in [0.2, 0.25) is 0 Å². The zero-order valence-corrected chi connectivity index (χ0v) is 13.5. The Hall–Kier alpha value is 0.310. The third kappa shape index (κ3) is 5.52. The molecule has 1 unspecified atom stereocenters. The second kappa shape index (κ2) is 7.79. The molecule has 1 heterocycles. The van der Waals surface area contributed by atoms with Crippen LogP contribution >= 0.6 is 15.9 Å². The highest BCUT2D eigenvalue weighted by Crippen LogP contribution is 2.18. The first-order chi connectivity index (χ1) is 8.45. The molecule has 0 aromatic rings. The summed E-state index contributed by atoms with van der Waals surface area (Å²) in [6.07, 6.45) is 2.62. The smallest absolute Gasteiger partial charge is 0.279 e. The normalized spacial score (nSPS) is 21.1. The number of hydrogen-bond acceptors (Lipinski definition) is 3. The summed E-state index contributed by atoms with van der Waals surface area (Å²) < 4.78 is 33.2. The van der Waals surface area contributed by atoms with Crippen LogP contribution < -0.4 is 4.72 Å². The highest BCUT2D eigenvalue weighted by atomic mass is 79.9. The first-order valence-corrected chi connectivity index (χ1v) is 8.69. The van der Waals surface area contributed by atoms with Crippen LogP contribution in [0, 0.1) is 5.92 Å². The molecular weight excluding hydrogens is 320 g/mol. The minimum atomic E-state index is -3.30. The average molecular weight is 343 g/mol. The molecule has 7 heteroatoms. The van der Waals surface area contributed by atoms with Crippen LogP contribution in [0.3, 0.4) is 0 Å². The standard InChI is InChI=1S/C11H23BrN2O3S/c1-10-4-7-14(8-5-10)18(15,16)13-6-3-11(12)9-17-2/h10-11,13H,3-9H2,1-2H3. The number of hydrogen-bond donors (Lipinski definition) is 1. The van der Waals surface area contributed by atoms with Gasteiger partial charge in [-0.1, -0.05) is 22.9 Å². The van der Waals surface area contributed by atoms with Gasteiger partial charge in [-0.3, -0.25) is 0 Å². The van der Waals surface area contributed by atoms with E-state index in [2.05, 4.69) is 27.6 Å². The summed E-state index contributed by atoms with van der Waals surface area (Å²) in [6.45, 7) is 4.45. The third-order valence-electron chi connectivity index (χ3n) is 3.17. The van der Waals surface area contributed by atoms with E-state index in [1.165, 1.54) is 0 Å². The molecule has 18 heavy (non-hydrogen) atoms. The largest absolute Gasteiger partial charge is 0.384 e. The van der Waals surface area contributed by atoms with Crippen molar-refractivity contribution in [2.24, 2.45) is 5.92 Å². The summed E-state index contributed by atoms with van der Waals surface area (Å²) in [4.78, 5) is 0.187. The fourth-order valence-electron chi connectivity index (χ4n) is 1.93. The maximum Gasteiger partial charge on any atom is 0.279 e. The van der Waals surface area contributed by atoms with E-state index in [4.69, 9.17) is 4.74 Å². The molecule has 0 bridgehead atoms. The number of alkyl halides is 1. The first kappa shape index (κ1) is 16.4. The molecule has 0 saturated carbocycles. The van der Waals surface area contributed by atoms with Gasteiger partial charge in [0, 0.05) is 31.6 Å². The van der Waals surface area contributed by atoms with Crippen LogP contribution in [0.4, 0.5) is 0 Å². The Morgan fingerprint density at radius 3 is 2.61 bits per heavy atom. The monoisotopic (exact) mass is 342 g/mol. The second-order valence-electron chi connectivity index (χ2n) is 4.82. The van der Waals surface area contributed by atoms with Gasteiger partial charge in [-0.2, -0.15) is 12.7 Å². The Morgan fingerprint density at radius 2 is 2.06 bits per heavy atom. The van der Waals surface area contributed by atoms with E-state index in [1.54, 1.807) is 11.4 Å². The maximum absolute atomic E-state index is 12.0. The van der Waals surface area contributed by atoms with Crippen LogP contribution in [0.5, 0.6) is 0 Å². The van der Waals surface area contributed by atoms with Crippen molar-refractivity contribution in [3.8, 4) is 0 Å². The number of rotatable bonds is 7. The molecule has 0 aliphatic carbocycles. The van der Waals surface area contributed by atoms with E-state index < -0.39 is 10.2 Å². The molecule has 1 aliphatic heterocycles. The summed E-state index contributed by atoms with van der Waals surface area (Å²) >= 11 is 3.44. The SMILES string of the molecule is COCC(Br)CCNS(=O)(=O)N1CCC(C)CC1. The molecule has 0 spiro atoms. The van der Waals surface area contributed by atoms with Gasteiger partial charge in [0.1, 0.15) is 0 Å². The van der Waals surface area contributed by atoms with Gasteiger partial charge >= 0.3 is 0 Å². The summed E-state index contributed by atoms with van der Waals surface area (Å²) in [5.41, 5.74) is 0. The van der Waals surface area contributed by atoms with Crippen LogP contribution in [0.2, 0.25) is 0 Å². The van der Waals surface area contributed by atoms with E-state index in [1.807, 2.05) is 0 Å². The van der Waals surface area contributed by atoms with Crippen molar-refractivity contribution < 1.29 is 13.2 Å². The summed E-state index contributed by atoms with van der Waals surface area (Å²) in [7, 11) is -1.66. The van der Waals surface area contributed by atoms with Crippen molar-refractivity contribution >= 4 is 26.1 Å². The van der Waals surface area contributed by atoms with Gasteiger partial charge in [-0.25, -0.2) is 4.72 Å². The molecule has 0 aromatic heterocycles. The van der Waals surface area contributed by atoms with Crippen molar-refractivity contribution in [2.75, 3.05) is 33.4 Å². The van der Waals surface area contributed by atoms with Crippen molar-refractivity contribution in [1.29, 1.82) is 0 Å². The lowest BCUT2D eigenvalue weighted by molar-refractivity contribution is 0.198. The van der Waals surface area contributed by atoms with E-state index in [-0.39, 0.29) is 4.83 Å². The van der Waals surface area contributed by atoms with Gasteiger partial charge in [0.05, 0.1) is 6.61 Å². The number of ether oxygens (including phenoxy) is 1. The fraction of sp³-hybridized carbons (Fsp3) is 1.00. The number of methoxy groups -OCH3 is 1. The lowest BCUT2D eigenvalue weighted by Crippen LogP contribution is -2.45. The predicted molar refractivity (Wildman–Crippen MR) is 76.1 cm³/mol. The highest BCUT2D eigenvalue weighted by Gasteiger charge is 2.25. The first-order valence-electron chi connectivity index (χ1n) is 6.33. The Morgan fingerprint density at radius 1 is 1.44 bits per heavy atom. The van der Waals surface area contributed by atoms with E-state index >= 15 is 0 Å². The minimum absolute atomic E-state index is 0.187. The van der Waals surface area contributed by atoms with Gasteiger partial charge in [-0.15, -0.1) is 0 Å². The molecular formula is C11H23BrN2O3S. The molecule has 0 aromatic carbocycles. The third-order valence-corrected chi connectivity index (χ3v) is 5.51. The second-order valence-corrected chi connectivity index (χ2v) is 7.87. The van der Waals surface area contributed by atoms with Crippen LogP contribution in [-0.2, 0) is 14.9 Å². The topological polar surface area (TPSA) is 58.6 Å². The Bertz CT molecular complexity index is 329. The molecule has 1 saturated heterocycles. The van der Waals surface area contributed by atoms with Gasteiger partial charge in [0.15, 0.2) is 0 Å².